The molecule has 0 bridgehead atoms. The van der Waals surface area contributed by atoms with E-state index in [-0.39, 0.29) is 0 Å². The Morgan fingerprint density at radius 2 is 1.80 bits per heavy atom. The van der Waals surface area contributed by atoms with Gasteiger partial charge in [-0.2, -0.15) is 0 Å². The van der Waals surface area contributed by atoms with E-state index in [1.54, 1.807) is 0 Å². The summed E-state index contributed by atoms with van der Waals surface area (Å²) in [7, 11) is 0. The zero-order chi connectivity index (χ0) is 14.5. The van der Waals surface area contributed by atoms with Crippen LogP contribution in [0.5, 0.6) is 0 Å². The molecule has 0 amide bonds. The van der Waals surface area contributed by atoms with Gasteiger partial charge in [0.1, 0.15) is 5.25 Å². The smallest absolute Gasteiger partial charge is 0.317 e. The number of aliphatic carboxylic acids is 1. The van der Waals surface area contributed by atoms with Gasteiger partial charge in [0.2, 0.25) is 0 Å². The molecular formula is C17H18O2S. The monoisotopic (exact) mass is 286 g/mol. The minimum Gasteiger partial charge on any atom is -0.480 e. The second-order valence-corrected chi connectivity index (χ2v) is 6.16. The summed E-state index contributed by atoms with van der Waals surface area (Å²) in [4.78, 5) is 12.4. The summed E-state index contributed by atoms with van der Waals surface area (Å²) in [6.07, 6.45) is 0.538. The fraction of sp³-hybridized carbons (Fsp3) is 0.235. The Morgan fingerprint density at radius 3 is 2.40 bits per heavy atom. The summed E-state index contributed by atoms with van der Waals surface area (Å²) < 4.78 is 0. The van der Waals surface area contributed by atoms with Gasteiger partial charge in [0, 0.05) is 4.90 Å². The molecule has 2 aromatic rings. The van der Waals surface area contributed by atoms with Crippen molar-refractivity contribution in [3.63, 3.8) is 0 Å². The van der Waals surface area contributed by atoms with Crippen LogP contribution < -0.4 is 0 Å². The number of hydrogen-bond acceptors (Lipinski definition) is 2. The molecule has 0 unspecified atom stereocenters. The maximum Gasteiger partial charge on any atom is 0.317 e. The van der Waals surface area contributed by atoms with E-state index in [9.17, 15) is 9.90 Å². The highest BCUT2D eigenvalue weighted by Gasteiger charge is 2.19. The minimum atomic E-state index is -0.767. The number of thioether (sulfide) groups is 1. The molecular weight excluding hydrogens is 268 g/mol. The normalized spacial score (nSPS) is 12.1. The van der Waals surface area contributed by atoms with E-state index in [2.05, 4.69) is 26.0 Å². The predicted molar refractivity (Wildman–Crippen MR) is 83.3 cm³/mol. The van der Waals surface area contributed by atoms with E-state index < -0.39 is 11.2 Å². The van der Waals surface area contributed by atoms with Gasteiger partial charge in [0.05, 0.1) is 0 Å². The van der Waals surface area contributed by atoms with E-state index in [0.29, 0.717) is 6.42 Å². The van der Waals surface area contributed by atoms with Crippen molar-refractivity contribution in [3.8, 4) is 0 Å². The molecule has 2 aromatic carbocycles. The zero-order valence-corrected chi connectivity index (χ0v) is 12.5. The Bertz CT molecular complexity index is 593. The number of benzene rings is 2. The summed E-state index contributed by atoms with van der Waals surface area (Å²) in [5.74, 6) is -0.767. The van der Waals surface area contributed by atoms with Gasteiger partial charge in [0.25, 0.3) is 0 Å². The van der Waals surface area contributed by atoms with Crippen molar-refractivity contribution in [3.05, 3.63) is 65.2 Å². The number of hydrogen-bond donors (Lipinski definition) is 1. The molecule has 1 N–H and O–H groups in total. The Balaban J connectivity index is 2.13. The van der Waals surface area contributed by atoms with Gasteiger partial charge in [-0.25, -0.2) is 0 Å². The molecule has 0 radical (unpaired) electrons. The second-order valence-electron chi connectivity index (χ2n) is 4.88. The quantitative estimate of drug-likeness (QED) is 0.841. The first-order chi connectivity index (χ1) is 9.56. The first-order valence-electron chi connectivity index (χ1n) is 6.57. The standard InChI is InChI=1S/C17H18O2S/c1-12-8-9-14(10-13(12)2)11-16(17(18)19)20-15-6-4-3-5-7-15/h3-10,16H,11H2,1-2H3,(H,18,19)/t16-/m0/s1. The van der Waals surface area contributed by atoms with Crippen molar-refractivity contribution < 1.29 is 9.90 Å². The Kier molecular flexibility index (Phi) is 4.85. The molecule has 0 saturated heterocycles. The Morgan fingerprint density at radius 1 is 1.10 bits per heavy atom. The maximum absolute atomic E-state index is 11.4. The van der Waals surface area contributed by atoms with Crippen LogP contribution in [0.1, 0.15) is 16.7 Å². The number of carboxylic acids is 1. The molecule has 0 aliphatic carbocycles. The second kappa shape index (κ2) is 6.62. The number of carboxylic acid groups (broad SMARTS) is 1. The molecule has 3 heteroatoms. The van der Waals surface area contributed by atoms with Crippen LogP contribution in [0.2, 0.25) is 0 Å². The van der Waals surface area contributed by atoms with Crippen molar-refractivity contribution in [2.75, 3.05) is 0 Å². The van der Waals surface area contributed by atoms with Crippen LogP contribution in [0.3, 0.4) is 0 Å². The largest absolute Gasteiger partial charge is 0.480 e. The van der Waals surface area contributed by atoms with E-state index >= 15 is 0 Å². The van der Waals surface area contributed by atoms with Gasteiger partial charge >= 0.3 is 5.97 Å². The van der Waals surface area contributed by atoms with Crippen LogP contribution >= 0.6 is 11.8 Å². The fourth-order valence-corrected chi connectivity index (χ4v) is 3.01. The minimum absolute atomic E-state index is 0.459. The molecule has 2 nitrogen and oxygen atoms in total. The molecule has 2 rings (SSSR count). The topological polar surface area (TPSA) is 37.3 Å². The van der Waals surface area contributed by atoms with E-state index in [1.165, 1.54) is 22.9 Å². The van der Waals surface area contributed by atoms with Gasteiger partial charge in [-0.3, -0.25) is 4.79 Å². The third kappa shape index (κ3) is 3.87. The lowest BCUT2D eigenvalue weighted by molar-refractivity contribution is -0.136. The first kappa shape index (κ1) is 14.7. The molecule has 0 saturated carbocycles. The van der Waals surface area contributed by atoms with Crippen LogP contribution in [-0.4, -0.2) is 16.3 Å². The SMILES string of the molecule is Cc1ccc(C[C@H](Sc2ccccc2)C(=O)O)cc1C. The van der Waals surface area contributed by atoms with Gasteiger partial charge in [0.15, 0.2) is 0 Å². The summed E-state index contributed by atoms with van der Waals surface area (Å²) in [5.41, 5.74) is 3.51. The highest BCUT2D eigenvalue weighted by Crippen LogP contribution is 2.26. The van der Waals surface area contributed by atoms with Crippen molar-refractivity contribution in [2.45, 2.75) is 30.4 Å². The van der Waals surface area contributed by atoms with Crippen molar-refractivity contribution in [1.29, 1.82) is 0 Å². The third-order valence-corrected chi connectivity index (χ3v) is 4.49. The van der Waals surface area contributed by atoms with Gasteiger partial charge < -0.3 is 5.11 Å². The summed E-state index contributed by atoms with van der Waals surface area (Å²) in [5, 5.41) is 8.94. The zero-order valence-electron chi connectivity index (χ0n) is 11.7. The molecule has 1 atom stereocenters. The molecule has 0 spiro atoms. The predicted octanol–water partition coefficient (Wildman–Crippen LogP) is 4.09. The van der Waals surface area contributed by atoms with Gasteiger partial charge in [-0.1, -0.05) is 36.4 Å². The average molecular weight is 286 g/mol. The molecule has 0 aliphatic heterocycles. The van der Waals surface area contributed by atoms with Crippen LogP contribution in [0, 0.1) is 13.8 Å². The molecule has 0 aromatic heterocycles. The molecule has 104 valence electrons. The summed E-state index contributed by atoms with van der Waals surface area (Å²) in [6.45, 7) is 4.12. The van der Waals surface area contributed by atoms with Crippen LogP contribution in [-0.2, 0) is 11.2 Å². The lowest BCUT2D eigenvalue weighted by atomic mass is 10.0. The highest BCUT2D eigenvalue weighted by atomic mass is 32.2. The van der Waals surface area contributed by atoms with Gasteiger partial charge in [-0.05, 0) is 49.1 Å². The molecule has 0 heterocycles. The highest BCUT2D eigenvalue weighted by molar-refractivity contribution is 8.00. The van der Waals surface area contributed by atoms with Crippen LogP contribution in [0.15, 0.2) is 53.4 Å². The molecule has 0 aliphatic rings. The third-order valence-electron chi connectivity index (χ3n) is 3.29. The van der Waals surface area contributed by atoms with Crippen molar-refractivity contribution in [2.24, 2.45) is 0 Å². The number of aryl methyl sites for hydroxylation is 2. The fourth-order valence-electron chi connectivity index (χ4n) is 1.99. The lowest BCUT2D eigenvalue weighted by Gasteiger charge is -2.13. The lowest BCUT2D eigenvalue weighted by Crippen LogP contribution is -2.19. The first-order valence-corrected chi connectivity index (χ1v) is 7.45. The van der Waals surface area contributed by atoms with Crippen molar-refractivity contribution >= 4 is 17.7 Å². The number of rotatable bonds is 5. The van der Waals surface area contributed by atoms with Crippen LogP contribution in [0.25, 0.3) is 0 Å². The average Bonchev–Trinajstić information content (AvgIpc) is 2.43. The summed E-state index contributed by atoms with van der Waals surface area (Å²) in [6, 6.07) is 15.8. The summed E-state index contributed by atoms with van der Waals surface area (Å²) >= 11 is 1.40. The Labute approximate surface area is 123 Å². The number of carbonyl (C=O) groups is 1. The van der Waals surface area contributed by atoms with Gasteiger partial charge in [-0.15, -0.1) is 11.8 Å². The van der Waals surface area contributed by atoms with E-state index in [4.69, 9.17) is 0 Å². The van der Waals surface area contributed by atoms with E-state index in [0.717, 1.165) is 10.5 Å². The molecule has 0 fully saturated rings. The van der Waals surface area contributed by atoms with Crippen LogP contribution in [0.4, 0.5) is 0 Å². The van der Waals surface area contributed by atoms with E-state index in [1.807, 2.05) is 36.4 Å². The Hall–Kier alpha value is -1.74. The van der Waals surface area contributed by atoms with Crippen molar-refractivity contribution in [1.82, 2.24) is 0 Å². The molecule has 20 heavy (non-hydrogen) atoms. The maximum atomic E-state index is 11.4.